The zero-order valence-corrected chi connectivity index (χ0v) is 18.5. The number of halogens is 1. The predicted molar refractivity (Wildman–Crippen MR) is 114 cm³/mol. The molecule has 8 nitrogen and oxygen atoms in total. The summed E-state index contributed by atoms with van der Waals surface area (Å²) >= 11 is 0. The molecule has 31 heavy (non-hydrogen) atoms. The van der Waals surface area contributed by atoms with E-state index >= 15 is 0 Å². The fourth-order valence-corrected chi connectivity index (χ4v) is 5.86. The number of carbonyl (C=O) groups excluding carboxylic acids is 1. The van der Waals surface area contributed by atoms with Gasteiger partial charge in [0.05, 0.1) is 4.90 Å². The maximum absolute atomic E-state index is 13.2. The Hall–Kier alpha value is -2.59. The Morgan fingerprint density at radius 2 is 1.71 bits per heavy atom. The Labute approximate surface area is 181 Å². The van der Waals surface area contributed by atoms with E-state index in [1.54, 1.807) is 11.2 Å². The summed E-state index contributed by atoms with van der Waals surface area (Å²) < 4.78 is 40.6. The van der Waals surface area contributed by atoms with Gasteiger partial charge < -0.3 is 9.80 Å². The number of hydrogen-bond donors (Lipinski definition) is 0. The summed E-state index contributed by atoms with van der Waals surface area (Å²) in [5.74, 6) is 0.208. The second kappa shape index (κ2) is 8.51. The van der Waals surface area contributed by atoms with Gasteiger partial charge in [-0.2, -0.15) is 4.31 Å². The number of hydrogen-bond acceptors (Lipinski definition) is 6. The number of aromatic nitrogens is 2. The number of carbonyl (C=O) groups is 1. The third-order valence-electron chi connectivity index (χ3n) is 6.11. The Kier molecular flexibility index (Phi) is 5.94. The lowest BCUT2D eigenvalue weighted by molar-refractivity contribution is -0.134. The molecular formula is C21H26FN5O3S. The second-order valence-corrected chi connectivity index (χ2v) is 9.84. The molecule has 2 saturated heterocycles. The summed E-state index contributed by atoms with van der Waals surface area (Å²) in [6, 6.07) is 4.01. The van der Waals surface area contributed by atoms with Crippen LogP contribution in [0.15, 0.2) is 35.5 Å². The molecule has 0 spiro atoms. The molecule has 3 heterocycles. The topological polar surface area (TPSA) is 86.7 Å². The molecule has 0 bridgehead atoms. The normalized spacial score (nSPS) is 20.3. The highest BCUT2D eigenvalue weighted by molar-refractivity contribution is 7.89. The van der Waals surface area contributed by atoms with E-state index in [0.29, 0.717) is 39.0 Å². The van der Waals surface area contributed by atoms with Gasteiger partial charge in [-0.25, -0.2) is 22.8 Å². The molecule has 10 heteroatoms. The zero-order valence-electron chi connectivity index (χ0n) is 17.7. The quantitative estimate of drug-likeness (QED) is 0.710. The number of nitrogens with zero attached hydrogens (tertiary/aromatic N) is 5. The minimum atomic E-state index is -3.86. The summed E-state index contributed by atoms with van der Waals surface area (Å²) in [5, 5.41) is 0. The first kappa shape index (κ1) is 21.6. The van der Waals surface area contributed by atoms with Crippen LogP contribution in [0.4, 0.5) is 10.2 Å². The van der Waals surface area contributed by atoms with E-state index in [9.17, 15) is 17.6 Å². The Morgan fingerprint density at radius 3 is 2.39 bits per heavy atom. The summed E-state index contributed by atoms with van der Waals surface area (Å²) in [5.41, 5.74) is 1.95. The van der Waals surface area contributed by atoms with Crippen molar-refractivity contribution in [2.24, 2.45) is 0 Å². The van der Waals surface area contributed by atoms with Crippen LogP contribution in [0.1, 0.15) is 24.1 Å². The van der Waals surface area contributed by atoms with Crippen molar-refractivity contribution in [3.05, 3.63) is 47.7 Å². The molecule has 2 fully saturated rings. The van der Waals surface area contributed by atoms with E-state index in [4.69, 9.17) is 0 Å². The monoisotopic (exact) mass is 447 g/mol. The Balaban J connectivity index is 1.46. The van der Waals surface area contributed by atoms with Crippen molar-refractivity contribution < 1.29 is 17.6 Å². The van der Waals surface area contributed by atoms with Crippen molar-refractivity contribution in [2.45, 2.75) is 37.6 Å². The molecule has 0 aliphatic carbocycles. The van der Waals surface area contributed by atoms with Crippen LogP contribution in [0.25, 0.3) is 0 Å². The molecule has 2 aliphatic rings. The first-order valence-corrected chi connectivity index (χ1v) is 11.8. The molecule has 1 atom stereocenters. The van der Waals surface area contributed by atoms with Gasteiger partial charge in [-0.1, -0.05) is 0 Å². The highest BCUT2D eigenvalue weighted by Crippen LogP contribution is 2.28. The van der Waals surface area contributed by atoms with Gasteiger partial charge in [0.2, 0.25) is 15.9 Å². The molecule has 166 valence electrons. The van der Waals surface area contributed by atoms with Gasteiger partial charge >= 0.3 is 0 Å². The average Bonchev–Trinajstić information content (AvgIpc) is 3.27. The number of rotatable bonds is 4. The largest absolute Gasteiger partial charge is 0.353 e. The van der Waals surface area contributed by atoms with Gasteiger partial charge in [0.25, 0.3) is 0 Å². The minimum absolute atomic E-state index is 0.00743. The highest BCUT2D eigenvalue weighted by Gasteiger charge is 2.41. The van der Waals surface area contributed by atoms with E-state index in [1.165, 1.54) is 16.4 Å². The molecule has 4 rings (SSSR count). The SMILES string of the molecule is Cc1ncnc(N2CCN(C(=O)C3CCCN3S(=O)(=O)c3ccc(F)cc3)CC2)c1C. The molecule has 0 saturated carbocycles. The van der Waals surface area contributed by atoms with Crippen molar-refractivity contribution >= 4 is 21.7 Å². The standard InChI is InChI=1S/C21H26FN5O3S/c1-15-16(2)23-14-24-20(15)25-10-12-26(13-11-25)21(28)19-4-3-9-27(19)31(29,30)18-7-5-17(22)6-8-18/h5-8,14,19H,3-4,9-13H2,1-2H3. The molecule has 0 N–H and O–H groups in total. The fraction of sp³-hybridized carbons (Fsp3) is 0.476. The predicted octanol–water partition coefficient (Wildman–Crippen LogP) is 1.73. The van der Waals surface area contributed by atoms with Crippen LogP contribution >= 0.6 is 0 Å². The third-order valence-corrected chi connectivity index (χ3v) is 8.03. The molecule has 1 amide bonds. The van der Waals surface area contributed by atoms with E-state index in [2.05, 4.69) is 14.9 Å². The fourth-order valence-electron chi connectivity index (χ4n) is 4.21. The lowest BCUT2D eigenvalue weighted by Gasteiger charge is -2.38. The van der Waals surface area contributed by atoms with Gasteiger partial charge in [0, 0.05) is 44.0 Å². The summed E-state index contributed by atoms with van der Waals surface area (Å²) in [6.45, 7) is 6.47. The first-order valence-electron chi connectivity index (χ1n) is 10.4. The van der Waals surface area contributed by atoms with Crippen molar-refractivity contribution in [1.82, 2.24) is 19.2 Å². The number of sulfonamides is 1. The number of amides is 1. The number of piperazine rings is 1. The van der Waals surface area contributed by atoms with Crippen LogP contribution in [-0.2, 0) is 14.8 Å². The molecule has 2 aliphatic heterocycles. The molecule has 1 aromatic carbocycles. The highest BCUT2D eigenvalue weighted by atomic mass is 32.2. The first-order chi connectivity index (χ1) is 14.8. The number of benzene rings is 1. The van der Waals surface area contributed by atoms with Crippen LogP contribution in [0.3, 0.4) is 0 Å². The summed E-state index contributed by atoms with van der Waals surface area (Å²) in [6.07, 6.45) is 2.66. The molecule has 2 aromatic rings. The van der Waals surface area contributed by atoms with Crippen molar-refractivity contribution in [3.8, 4) is 0 Å². The van der Waals surface area contributed by atoms with E-state index < -0.39 is 21.9 Å². The van der Waals surface area contributed by atoms with E-state index in [0.717, 1.165) is 29.2 Å². The lowest BCUT2D eigenvalue weighted by Crippen LogP contribution is -2.54. The van der Waals surface area contributed by atoms with Crippen LogP contribution in [-0.4, -0.2) is 72.3 Å². The third kappa shape index (κ3) is 4.14. The van der Waals surface area contributed by atoms with E-state index in [-0.39, 0.29) is 17.3 Å². The van der Waals surface area contributed by atoms with Crippen LogP contribution in [0, 0.1) is 19.7 Å². The molecule has 1 aromatic heterocycles. The van der Waals surface area contributed by atoms with Crippen molar-refractivity contribution in [2.75, 3.05) is 37.6 Å². The smallest absolute Gasteiger partial charge is 0.243 e. The average molecular weight is 448 g/mol. The van der Waals surface area contributed by atoms with Gasteiger partial charge in [-0.3, -0.25) is 4.79 Å². The maximum atomic E-state index is 13.2. The second-order valence-electron chi connectivity index (χ2n) is 7.95. The molecule has 0 radical (unpaired) electrons. The van der Waals surface area contributed by atoms with Crippen LogP contribution in [0.2, 0.25) is 0 Å². The molecular weight excluding hydrogens is 421 g/mol. The van der Waals surface area contributed by atoms with Gasteiger partial charge in [-0.15, -0.1) is 0 Å². The summed E-state index contributed by atoms with van der Waals surface area (Å²) in [7, 11) is -3.86. The van der Waals surface area contributed by atoms with Gasteiger partial charge in [0.15, 0.2) is 0 Å². The number of aryl methyl sites for hydroxylation is 1. The number of anilines is 1. The lowest BCUT2D eigenvalue weighted by atomic mass is 10.1. The zero-order chi connectivity index (χ0) is 22.2. The van der Waals surface area contributed by atoms with Crippen LogP contribution < -0.4 is 4.90 Å². The Bertz CT molecular complexity index is 1070. The van der Waals surface area contributed by atoms with Crippen LogP contribution in [0.5, 0.6) is 0 Å². The van der Waals surface area contributed by atoms with E-state index in [1.807, 2.05) is 13.8 Å². The van der Waals surface area contributed by atoms with Crippen molar-refractivity contribution in [3.63, 3.8) is 0 Å². The van der Waals surface area contributed by atoms with Gasteiger partial charge in [0.1, 0.15) is 24.0 Å². The summed E-state index contributed by atoms with van der Waals surface area (Å²) in [4.78, 5) is 25.7. The van der Waals surface area contributed by atoms with Gasteiger partial charge in [-0.05, 0) is 51.0 Å². The minimum Gasteiger partial charge on any atom is -0.353 e. The Morgan fingerprint density at radius 1 is 1.03 bits per heavy atom. The molecule has 1 unspecified atom stereocenters. The maximum Gasteiger partial charge on any atom is 0.243 e. The van der Waals surface area contributed by atoms with Crippen molar-refractivity contribution in [1.29, 1.82) is 0 Å².